The summed E-state index contributed by atoms with van der Waals surface area (Å²) in [5.74, 6) is -1.12. The molecule has 82 valence electrons. The molecule has 5 nitrogen and oxygen atoms in total. The number of aromatic hydroxyl groups is 1. The van der Waals surface area contributed by atoms with Crippen LogP contribution in [0, 0.1) is 0 Å². The first-order chi connectivity index (χ1) is 6.83. The fourth-order valence-electron chi connectivity index (χ4n) is 1.22. The average Bonchev–Trinajstić information content (AvgIpc) is 2.10. The number of phenols is 1. The molecule has 0 aliphatic carbocycles. The minimum absolute atomic E-state index is 0.00197. The van der Waals surface area contributed by atoms with E-state index in [0.29, 0.717) is 11.3 Å². The van der Waals surface area contributed by atoms with Gasteiger partial charge < -0.3 is 21.7 Å². The molecule has 1 aromatic carbocycles. The Bertz CT molecular complexity index is 388. The lowest BCUT2D eigenvalue weighted by molar-refractivity contribution is -0.142. The highest BCUT2D eigenvalue weighted by molar-refractivity contribution is 5.78. The predicted molar refractivity (Wildman–Crippen MR) is 56.5 cm³/mol. The molecule has 0 aromatic heterocycles. The summed E-state index contributed by atoms with van der Waals surface area (Å²) in [7, 11) is 0. The number of carbonyl (C=O) groups is 1. The summed E-state index contributed by atoms with van der Waals surface area (Å²) in [5.41, 5.74) is 10.6. The molecule has 1 atom stereocenters. The van der Waals surface area contributed by atoms with Gasteiger partial charge >= 0.3 is 5.97 Å². The zero-order valence-electron chi connectivity index (χ0n) is 8.40. The van der Waals surface area contributed by atoms with Crippen LogP contribution in [-0.4, -0.2) is 21.7 Å². The lowest BCUT2D eigenvalue weighted by Crippen LogP contribution is -2.46. The number of carboxylic acid groups (broad SMARTS) is 1. The average molecular weight is 210 g/mol. The van der Waals surface area contributed by atoms with E-state index in [4.69, 9.17) is 16.6 Å². The van der Waals surface area contributed by atoms with Crippen LogP contribution in [0.15, 0.2) is 18.2 Å². The van der Waals surface area contributed by atoms with E-state index < -0.39 is 11.5 Å². The van der Waals surface area contributed by atoms with E-state index >= 15 is 0 Å². The molecule has 15 heavy (non-hydrogen) atoms. The van der Waals surface area contributed by atoms with Gasteiger partial charge in [-0.3, -0.25) is 4.79 Å². The van der Waals surface area contributed by atoms with E-state index in [1.165, 1.54) is 25.1 Å². The monoisotopic (exact) mass is 210 g/mol. The third-order valence-electron chi connectivity index (χ3n) is 2.15. The Morgan fingerprint density at radius 3 is 2.67 bits per heavy atom. The Hall–Kier alpha value is -1.75. The number of aliphatic carboxylic acids is 1. The van der Waals surface area contributed by atoms with Crippen molar-refractivity contribution in [2.75, 3.05) is 5.73 Å². The second-order valence-corrected chi connectivity index (χ2v) is 3.79. The summed E-state index contributed by atoms with van der Waals surface area (Å²) in [6, 6.07) is 4.47. The van der Waals surface area contributed by atoms with E-state index in [2.05, 4.69) is 0 Å². The summed E-state index contributed by atoms with van der Waals surface area (Å²) < 4.78 is 0. The maximum Gasteiger partial charge on any atom is 0.323 e. The quantitative estimate of drug-likeness (QED) is 0.424. The first kappa shape index (κ1) is 11.3. The number of hydrogen-bond acceptors (Lipinski definition) is 4. The second-order valence-electron chi connectivity index (χ2n) is 3.79. The Labute approximate surface area is 87.3 Å². The fourth-order valence-corrected chi connectivity index (χ4v) is 1.22. The van der Waals surface area contributed by atoms with Crippen LogP contribution in [0.2, 0.25) is 0 Å². The van der Waals surface area contributed by atoms with Gasteiger partial charge in [0.1, 0.15) is 11.3 Å². The number of hydrogen-bond donors (Lipinski definition) is 4. The predicted octanol–water partition coefficient (Wildman–Crippen LogP) is 0.319. The van der Waals surface area contributed by atoms with Crippen molar-refractivity contribution in [2.45, 2.75) is 18.9 Å². The highest BCUT2D eigenvalue weighted by atomic mass is 16.4. The van der Waals surface area contributed by atoms with Gasteiger partial charge in [-0.2, -0.15) is 0 Å². The third-order valence-corrected chi connectivity index (χ3v) is 2.15. The van der Waals surface area contributed by atoms with Crippen molar-refractivity contribution in [1.29, 1.82) is 0 Å². The largest absolute Gasteiger partial charge is 0.508 e. The smallest absolute Gasteiger partial charge is 0.323 e. The topological polar surface area (TPSA) is 110 Å². The molecule has 1 rings (SSSR count). The minimum Gasteiger partial charge on any atom is -0.508 e. The lowest BCUT2D eigenvalue weighted by Gasteiger charge is -2.19. The Kier molecular flexibility index (Phi) is 2.85. The van der Waals surface area contributed by atoms with Crippen molar-refractivity contribution in [3.05, 3.63) is 23.8 Å². The van der Waals surface area contributed by atoms with Gasteiger partial charge in [0.2, 0.25) is 0 Å². The molecule has 0 heterocycles. The number of phenolic OH excluding ortho intramolecular Hbond substituents is 1. The van der Waals surface area contributed by atoms with Crippen LogP contribution in [-0.2, 0) is 11.2 Å². The number of nitrogen functional groups attached to an aromatic ring is 1. The van der Waals surface area contributed by atoms with Crippen LogP contribution in [0.25, 0.3) is 0 Å². The Balaban J connectivity index is 2.99. The number of benzene rings is 1. The molecule has 5 heteroatoms. The van der Waals surface area contributed by atoms with Gasteiger partial charge in [0.25, 0.3) is 0 Å². The molecule has 0 radical (unpaired) electrons. The number of rotatable bonds is 3. The first-order valence-corrected chi connectivity index (χ1v) is 4.42. The van der Waals surface area contributed by atoms with E-state index in [0.717, 1.165) is 0 Å². The zero-order chi connectivity index (χ0) is 11.6. The van der Waals surface area contributed by atoms with E-state index in [-0.39, 0.29) is 12.2 Å². The third kappa shape index (κ3) is 2.60. The normalized spacial score (nSPS) is 14.5. The van der Waals surface area contributed by atoms with Crippen molar-refractivity contribution >= 4 is 11.7 Å². The SMILES string of the molecule is CC(N)(Cc1cc(N)ccc1O)C(=O)O. The molecule has 0 amide bonds. The molecule has 0 fully saturated rings. The highest BCUT2D eigenvalue weighted by Crippen LogP contribution is 2.23. The molecule has 0 aliphatic heterocycles. The van der Waals surface area contributed by atoms with Crippen molar-refractivity contribution < 1.29 is 15.0 Å². The van der Waals surface area contributed by atoms with Gasteiger partial charge in [0, 0.05) is 12.1 Å². The summed E-state index contributed by atoms with van der Waals surface area (Å²) in [6.07, 6.45) is 0.0270. The van der Waals surface area contributed by atoms with Crippen LogP contribution < -0.4 is 11.5 Å². The van der Waals surface area contributed by atoms with E-state index in [1.807, 2.05) is 0 Å². The van der Waals surface area contributed by atoms with Gasteiger partial charge in [0.15, 0.2) is 0 Å². The standard InChI is InChI=1S/C10H14N2O3/c1-10(12,9(14)15)5-6-4-7(11)2-3-8(6)13/h2-4,13H,5,11-12H2,1H3,(H,14,15). The highest BCUT2D eigenvalue weighted by Gasteiger charge is 2.29. The van der Waals surface area contributed by atoms with Crippen molar-refractivity contribution in [3.8, 4) is 5.75 Å². The van der Waals surface area contributed by atoms with Gasteiger partial charge in [-0.15, -0.1) is 0 Å². The van der Waals surface area contributed by atoms with E-state index in [1.54, 1.807) is 0 Å². The molecule has 1 unspecified atom stereocenters. The van der Waals surface area contributed by atoms with Crippen molar-refractivity contribution in [1.82, 2.24) is 0 Å². The zero-order valence-corrected chi connectivity index (χ0v) is 8.40. The van der Waals surface area contributed by atoms with E-state index in [9.17, 15) is 9.90 Å². The van der Waals surface area contributed by atoms with Crippen molar-refractivity contribution in [2.24, 2.45) is 5.73 Å². The van der Waals surface area contributed by atoms with Crippen LogP contribution in [0.5, 0.6) is 5.75 Å². The Morgan fingerprint density at radius 2 is 2.13 bits per heavy atom. The van der Waals surface area contributed by atoms with Crippen LogP contribution in [0.1, 0.15) is 12.5 Å². The number of nitrogens with two attached hydrogens (primary N) is 2. The summed E-state index contributed by atoms with van der Waals surface area (Å²) >= 11 is 0. The molecule has 0 saturated carbocycles. The Morgan fingerprint density at radius 1 is 1.53 bits per heavy atom. The first-order valence-electron chi connectivity index (χ1n) is 4.42. The molecule has 0 spiro atoms. The van der Waals surface area contributed by atoms with Gasteiger partial charge in [-0.25, -0.2) is 0 Å². The van der Waals surface area contributed by atoms with Gasteiger partial charge in [-0.1, -0.05) is 0 Å². The molecule has 6 N–H and O–H groups in total. The second kappa shape index (κ2) is 3.78. The van der Waals surface area contributed by atoms with Gasteiger partial charge in [-0.05, 0) is 30.7 Å². The molecular weight excluding hydrogens is 196 g/mol. The number of anilines is 1. The van der Waals surface area contributed by atoms with Gasteiger partial charge in [0.05, 0.1) is 0 Å². The molecular formula is C10H14N2O3. The maximum atomic E-state index is 10.8. The molecule has 0 bridgehead atoms. The molecule has 0 aliphatic rings. The fraction of sp³-hybridized carbons (Fsp3) is 0.300. The summed E-state index contributed by atoms with van der Waals surface area (Å²) in [6.45, 7) is 1.39. The van der Waals surface area contributed by atoms with Crippen molar-refractivity contribution in [3.63, 3.8) is 0 Å². The maximum absolute atomic E-state index is 10.8. The summed E-state index contributed by atoms with van der Waals surface area (Å²) in [4.78, 5) is 10.8. The number of carboxylic acids is 1. The van der Waals surface area contributed by atoms with Crippen LogP contribution in [0.4, 0.5) is 5.69 Å². The minimum atomic E-state index is -1.41. The molecule has 0 saturated heterocycles. The lowest BCUT2D eigenvalue weighted by atomic mass is 9.93. The van der Waals surface area contributed by atoms with Crippen LogP contribution in [0.3, 0.4) is 0 Å². The molecule has 1 aromatic rings. The van der Waals surface area contributed by atoms with Crippen LogP contribution >= 0.6 is 0 Å². The summed E-state index contributed by atoms with van der Waals surface area (Å²) in [5, 5.41) is 18.3.